The third-order valence-electron chi connectivity index (χ3n) is 3.96. The number of amides is 1. The molecule has 2 aromatic rings. The number of ether oxygens (including phenoxy) is 1. The van der Waals surface area contributed by atoms with Gasteiger partial charge in [-0.25, -0.2) is 4.98 Å². The van der Waals surface area contributed by atoms with Gasteiger partial charge in [0.05, 0.1) is 22.6 Å². The molecule has 1 aromatic carbocycles. The van der Waals surface area contributed by atoms with Gasteiger partial charge in [-0.2, -0.15) is 0 Å². The number of aromatic nitrogens is 1. The van der Waals surface area contributed by atoms with E-state index < -0.39 is 0 Å². The largest absolute Gasteiger partial charge is 0.494 e. The van der Waals surface area contributed by atoms with Crippen LogP contribution in [-0.4, -0.2) is 59.4 Å². The summed E-state index contributed by atoms with van der Waals surface area (Å²) in [5.74, 6) is 1.13. The highest BCUT2D eigenvalue weighted by Crippen LogP contribution is 2.32. The SMILES string of the molecule is CCOc1ccc2nc(N3CCN(C(=O)CSC(C)=O)CC3)sc2c1. The third kappa shape index (κ3) is 4.43. The van der Waals surface area contributed by atoms with Crippen molar-refractivity contribution in [3.63, 3.8) is 0 Å². The van der Waals surface area contributed by atoms with Gasteiger partial charge in [0.1, 0.15) is 5.75 Å². The molecule has 25 heavy (non-hydrogen) atoms. The zero-order valence-corrected chi connectivity index (χ0v) is 16.0. The second-order valence-corrected chi connectivity index (χ2v) is 7.87. The molecule has 0 bridgehead atoms. The van der Waals surface area contributed by atoms with Gasteiger partial charge in [-0.3, -0.25) is 9.59 Å². The molecule has 8 heteroatoms. The average molecular weight is 380 g/mol. The zero-order valence-electron chi connectivity index (χ0n) is 14.4. The molecule has 0 saturated carbocycles. The summed E-state index contributed by atoms with van der Waals surface area (Å²) in [6.07, 6.45) is 0. The molecule has 1 aliphatic rings. The Morgan fingerprint density at radius 3 is 2.72 bits per heavy atom. The average Bonchev–Trinajstić information content (AvgIpc) is 3.03. The first-order valence-corrected chi connectivity index (χ1v) is 10.1. The molecule has 1 aromatic heterocycles. The first-order chi connectivity index (χ1) is 12.1. The highest BCUT2D eigenvalue weighted by atomic mass is 32.2. The Kier molecular flexibility index (Phi) is 5.80. The van der Waals surface area contributed by atoms with Crippen LogP contribution >= 0.6 is 23.1 Å². The molecule has 1 saturated heterocycles. The standard InChI is InChI=1S/C17H21N3O3S2/c1-3-23-13-4-5-14-15(10-13)25-17(18-14)20-8-6-19(7-9-20)16(22)11-24-12(2)21/h4-5,10H,3,6-9,11H2,1-2H3. The fourth-order valence-electron chi connectivity index (χ4n) is 2.69. The second-order valence-electron chi connectivity index (χ2n) is 5.71. The Balaban J connectivity index is 1.61. The molecule has 6 nitrogen and oxygen atoms in total. The zero-order chi connectivity index (χ0) is 17.8. The molecule has 3 rings (SSSR count). The van der Waals surface area contributed by atoms with Crippen LogP contribution in [0.3, 0.4) is 0 Å². The number of hydrogen-bond donors (Lipinski definition) is 0. The Bertz CT molecular complexity index is 770. The van der Waals surface area contributed by atoms with Crippen molar-refractivity contribution in [2.24, 2.45) is 0 Å². The number of carbonyl (C=O) groups excluding carboxylic acids is 2. The van der Waals surface area contributed by atoms with Gasteiger partial charge in [0.25, 0.3) is 0 Å². The smallest absolute Gasteiger partial charge is 0.233 e. The summed E-state index contributed by atoms with van der Waals surface area (Å²) in [5.41, 5.74) is 0.972. The van der Waals surface area contributed by atoms with Gasteiger partial charge in [0, 0.05) is 33.1 Å². The van der Waals surface area contributed by atoms with Crippen LogP contribution in [0.25, 0.3) is 10.2 Å². The lowest BCUT2D eigenvalue weighted by atomic mass is 10.3. The number of rotatable bonds is 5. The Hall–Kier alpha value is -1.80. The maximum atomic E-state index is 12.1. The molecule has 1 fully saturated rings. The predicted molar refractivity (Wildman–Crippen MR) is 103 cm³/mol. The van der Waals surface area contributed by atoms with Crippen LogP contribution in [-0.2, 0) is 9.59 Å². The quantitative estimate of drug-likeness (QED) is 0.796. The van der Waals surface area contributed by atoms with Gasteiger partial charge in [-0.15, -0.1) is 0 Å². The van der Waals surface area contributed by atoms with Gasteiger partial charge in [0.15, 0.2) is 10.2 Å². The maximum Gasteiger partial charge on any atom is 0.233 e. The molecule has 0 radical (unpaired) electrons. The lowest BCUT2D eigenvalue weighted by molar-refractivity contribution is -0.128. The summed E-state index contributed by atoms with van der Waals surface area (Å²) in [6, 6.07) is 5.95. The number of thiazole rings is 1. The first-order valence-electron chi connectivity index (χ1n) is 8.26. The molecule has 1 amide bonds. The molecule has 0 atom stereocenters. The first kappa shape index (κ1) is 18.0. The summed E-state index contributed by atoms with van der Waals surface area (Å²) >= 11 is 2.72. The van der Waals surface area contributed by atoms with E-state index in [2.05, 4.69) is 4.90 Å². The van der Waals surface area contributed by atoms with Crippen molar-refractivity contribution < 1.29 is 14.3 Å². The van der Waals surface area contributed by atoms with Gasteiger partial charge < -0.3 is 14.5 Å². The van der Waals surface area contributed by atoms with Crippen molar-refractivity contribution in [2.45, 2.75) is 13.8 Å². The number of benzene rings is 1. The van der Waals surface area contributed by atoms with Gasteiger partial charge in [-0.1, -0.05) is 23.1 Å². The van der Waals surface area contributed by atoms with Crippen LogP contribution in [0.1, 0.15) is 13.8 Å². The normalized spacial score (nSPS) is 14.8. The fourth-order valence-corrected chi connectivity index (χ4v) is 4.24. The van der Waals surface area contributed by atoms with Crippen LogP contribution in [0.5, 0.6) is 5.75 Å². The molecule has 0 spiro atoms. The van der Waals surface area contributed by atoms with Gasteiger partial charge in [-0.05, 0) is 25.1 Å². The van der Waals surface area contributed by atoms with E-state index in [4.69, 9.17) is 9.72 Å². The molecule has 1 aliphatic heterocycles. The van der Waals surface area contributed by atoms with E-state index in [1.807, 2.05) is 30.0 Å². The second kappa shape index (κ2) is 8.05. The Morgan fingerprint density at radius 2 is 2.04 bits per heavy atom. The molecular weight excluding hydrogens is 358 g/mol. The number of carbonyl (C=O) groups is 2. The fraction of sp³-hybridized carbons (Fsp3) is 0.471. The number of hydrogen-bond acceptors (Lipinski definition) is 7. The van der Waals surface area contributed by atoms with Gasteiger partial charge in [0.2, 0.25) is 5.91 Å². The van der Waals surface area contributed by atoms with E-state index in [-0.39, 0.29) is 16.8 Å². The van der Waals surface area contributed by atoms with Crippen molar-refractivity contribution in [2.75, 3.05) is 43.4 Å². The molecule has 0 N–H and O–H groups in total. The van der Waals surface area contributed by atoms with Crippen LogP contribution in [0.2, 0.25) is 0 Å². The molecular formula is C17H21N3O3S2. The summed E-state index contributed by atoms with van der Waals surface area (Å²) in [5, 5.41) is 0.960. The number of nitrogens with zero attached hydrogens (tertiary/aromatic N) is 3. The lowest BCUT2D eigenvalue weighted by Gasteiger charge is -2.34. The number of fused-ring (bicyclic) bond motifs is 1. The minimum Gasteiger partial charge on any atom is -0.494 e. The minimum atomic E-state index is -0.0205. The summed E-state index contributed by atoms with van der Waals surface area (Å²) < 4.78 is 6.65. The topological polar surface area (TPSA) is 62.7 Å². The van der Waals surface area contributed by atoms with Crippen LogP contribution in [0.4, 0.5) is 5.13 Å². The summed E-state index contributed by atoms with van der Waals surface area (Å²) in [4.78, 5) is 31.8. The van der Waals surface area contributed by atoms with Gasteiger partial charge >= 0.3 is 0 Å². The third-order valence-corrected chi connectivity index (χ3v) is 5.84. The number of anilines is 1. The minimum absolute atomic E-state index is 0.0205. The van der Waals surface area contributed by atoms with Crippen LogP contribution in [0.15, 0.2) is 18.2 Å². The van der Waals surface area contributed by atoms with Crippen molar-refractivity contribution in [1.29, 1.82) is 0 Å². The monoisotopic (exact) mass is 379 g/mol. The summed E-state index contributed by atoms with van der Waals surface area (Å²) in [7, 11) is 0. The van der Waals surface area contributed by atoms with E-state index in [9.17, 15) is 9.59 Å². The van der Waals surface area contributed by atoms with E-state index >= 15 is 0 Å². The number of thioether (sulfide) groups is 1. The van der Waals surface area contributed by atoms with Crippen LogP contribution in [0, 0.1) is 0 Å². The van der Waals surface area contributed by atoms with Crippen molar-refractivity contribution in [3.05, 3.63) is 18.2 Å². The number of piperazine rings is 1. The van der Waals surface area contributed by atoms with E-state index in [1.165, 1.54) is 6.92 Å². The van der Waals surface area contributed by atoms with Crippen molar-refractivity contribution in [3.8, 4) is 5.75 Å². The highest BCUT2D eigenvalue weighted by molar-refractivity contribution is 8.14. The molecule has 0 unspecified atom stereocenters. The van der Waals surface area contributed by atoms with E-state index in [1.54, 1.807) is 11.3 Å². The van der Waals surface area contributed by atoms with Crippen molar-refractivity contribution in [1.82, 2.24) is 9.88 Å². The van der Waals surface area contributed by atoms with E-state index in [0.717, 1.165) is 45.9 Å². The molecule has 0 aliphatic carbocycles. The Labute approximate surface area is 155 Å². The molecule has 2 heterocycles. The van der Waals surface area contributed by atoms with Crippen molar-refractivity contribution >= 4 is 49.5 Å². The predicted octanol–water partition coefficient (Wildman–Crippen LogP) is 2.62. The summed E-state index contributed by atoms with van der Waals surface area (Å²) in [6.45, 7) is 6.95. The Morgan fingerprint density at radius 1 is 1.28 bits per heavy atom. The lowest BCUT2D eigenvalue weighted by Crippen LogP contribution is -2.49. The van der Waals surface area contributed by atoms with E-state index in [0.29, 0.717) is 19.7 Å². The maximum absolute atomic E-state index is 12.1. The molecule has 134 valence electrons. The highest BCUT2D eigenvalue weighted by Gasteiger charge is 2.23. The van der Waals surface area contributed by atoms with Crippen LogP contribution < -0.4 is 9.64 Å².